The van der Waals surface area contributed by atoms with E-state index in [1.165, 1.54) is 12.8 Å². The van der Waals surface area contributed by atoms with Crippen LogP contribution in [0.1, 0.15) is 44.2 Å². The van der Waals surface area contributed by atoms with Gasteiger partial charge in [0, 0.05) is 12.0 Å². The normalized spacial score (nSPS) is 21.1. The van der Waals surface area contributed by atoms with E-state index < -0.39 is 0 Å². The monoisotopic (exact) mass is 217 g/mol. The van der Waals surface area contributed by atoms with Crippen molar-refractivity contribution in [3.8, 4) is 0 Å². The summed E-state index contributed by atoms with van der Waals surface area (Å²) < 4.78 is 0. The highest BCUT2D eigenvalue weighted by Crippen LogP contribution is 2.37. The van der Waals surface area contributed by atoms with Crippen molar-refractivity contribution in [2.45, 2.75) is 45.6 Å². The molecule has 1 nitrogen and oxygen atoms in total. The maximum absolute atomic E-state index is 3.66. The molecule has 1 aliphatic rings. The molecule has 0 saturated heterocycles. The van der Waals surface area contributed by atoms with Gasteiger partial charge in [0.2, 0.25) is 0 Å². The van der Waals surface area contributed by atoms with E-state index in [-0.39, 0.29) is 0 Å². The van der Waals surface area contributed by atoms with E-state index in [0.717, 1.165) is 12.5 Å². The van der Waals surface area contributed by atoms with Crippen LogP contribution in [0.25, 0.3) is 0 Å². The summed E-state index contributed by atoms with van der Waals surface area (Å²) in [5, 5.41) is 3.66. The smallest absolute Gasteiger partial charge is 0.0159 e. The van der Waals surface area contributed by atoms with Crippen LogP contribution in [-0.2, 0) is 6.42 Å². The Balaban J connectivity index is 2.22. The molecule has 0 heterocycles. The Hall–Kier alpha value is -0.820. The molecule has 1 heteroatoms. The molecule has 16 heavy (non-hydrogen) atoms. The van der Waals surface area contributed by atoms with E-state index in [9.17, 15) is 0 Å². The first-order valence-corrected chi connectivity index (χ1v) is 6.55. The van der Waals surface area contributed by atoms with Crippen LogP contribution in [0.3, 0.4) is 0 Å². The zero-order valence-corrected chi connectivity index (χ0v) is 10.7. The number of hydrogen-bond acceptors (Lipinski definition) is 1. The first-order valence-electron chi connectivity index (χ1n) is 6.55. The van der Waals surface area contributed by atoms with Gasteiger partial charge in [-0.05, 0) is 36.4 Å². The van der Waals surface area contributed by atoms with E-state index in [4.69, 9.17) is 0 Å². The summed E-state index contributed by atoms with van der Waals surface area (Å²) in [5.41, 5.74) is 3.15. The van der Waals surface area contributed by atoms with Crippen LogP contribution < -0.4 is 5.32 Å². The van der Waals surface area contributed by atoms with E-state index >= 15 is 0 Å². The lowest BCUT2D eigenvalue weighted by atomic mass is 9.86. The zero-order chi connectivity index (χ0) is 11.5. The lowest BCUT2D eigenvalue weighted by molar-refractivity contribution is 0.345. The SMILES string of the molecule is CCNC(C(C)C)C1CCc2ccccc21. The van der Waals surface area contributed by atoms with Gasteiger partial charge in [-0.15, -0.1) is 0 Å². The van der Waals surface area contributed by atoms with Crippen LogP contribution in [0.15, 0.2) is 24.3 Å². The zero-order valence-electron chi connectivity index (χ0n) is 10.7. The van der Waals surface area contributed by atoms with Gasteiger partial charge in [0.1, 0.15) is 0 Å². The summed E-state index contributed by atoms with van der Waals surface area (Å²) in [6, 6.07) is 9.59. The van der Waals surface area contributed by atoms with Gasteiger partial charge in [-0.2, -0.15) is 0 Å². The molecule has 0 radical (unpaired) electrons. The maximum atomic E-state index is 3.66. The quantitative estimate of drug-likeness (QED) is 0.815. The van der Waals surface area contributed by atoms with Gasteiger partial charge in [0.25, 0.3) is 0 Å². The third-order valence-corrected chi connectivity index (χ3v) is 3.77. The van der Waals surface area contributed by atoms with Gasteiger partial charge in [-0.1, -0.05) is 45.0 Å². The van der Waals surface area contributed by atoms with Crippen molar-refractivity contribution in [1.29, 1.82) is 0 Å². The number of likely N-dealkylation sites (N-methyl/N-ethyl adjacent to an activating group) is 1. The largest absolute Gasteiger partial charge is 0.313 e. The topological polar surface area (TPSA) is 12.0 Å². The summed E-state index contributed by atoms with van der Waals surface area (Å²) in [4.78, 5) is 0. The van der Waals surface area contributed by atoms with Crippen molar-refractivity contribution >= 4 is 0 Å². The van der Waals surface area contributed by atoms with Crippen molar-refractivity contribution < 1.29 is 0 Å². The van der Waals surface area contributed by atoms with Gasteiger partial charge in [-0.25, -0.2) is 0 Å². The van der Waals surface area contributed by atoms with Crippen LogP contribution in [0.2, 0.25) is 0 Å². The predicted molar refractivity (Wildman–Crippen MR) is 69.8 cm³/mol. The van der Waals surface area contributed by atoms with E-state index in [0.29, 0.717) is 12.0 Å². The van der Waals surface area contributed by atoms with E-state index in [1.807, 2.05) is 0 Å². The standard InChI is InChI=1S/C15H23N/c1-4-16-15(11(2)3)14-10-9-12-7-5-6-8-13(12)14/h5-8,11,14-16H,4,9-10H2,1-3H3. The average Bonchev–Trinajstić information content (AvgIpc) is 2.69. The van der Waals surface area contributed by atoms with Crippen LogP contribution in [0.5, 0.6) is 0 Å². The number of benzene rings is 1. The minimum Gasteiger partial charge on any atom is -0.313 e. The Morgan fingerprint density at radius 1 is 1.31 bits per heavy atom. The van der Waals surface area contributed by atoms with Crippen LogP contribution >= 0.6 is 0 Å². The molecule has 0 amide bonds. The molecular formula is C15H23N. The molecular weight excluding hydrogens is 194 g/mol. The minimum absolute atomic E-state index is 0.633. The van der Waals surface area contributed by atoms with Crippen molar-refractivity contribution in [3.63, 3.8) is 0 Å². The van der Waals surface area contributed by atoms with Crippen LogP contribution in [-0.4, -0.2) is 12.6 Å². The second-order valence-corrected chi connectivity index (χ2v) is 5.17. The number of hydrogen-bond donors (Lipinski definition) is 1. The third-order valence-electron chi connectivity index (χ3n) is 3.77. The van der Waals surface area contributed by atoms with Gasteiger partial charge in [0.15, 0.2) is 0 Å². The van der Waals surface area contributed by atoms with Crippen molar-refractivity contribution in [3.05, 3.63) is 35.4 Å². The number of nitrogens with one attached hydrogen (secondary N) is 1. The molecule has 0 saturated carbocycles. The summed E-state index contributed by atoms with van der Waals surface area (Å²) in [7, 11) is 0. The molecule has 1 aromatic rings. The van der Waals surface area contributed by atoms with Crippen LogP contribution in [0, 0.1) is 5.92 Å². The predicted octanol–water partition coefficient (Wildman–Crippen LogP) is 3.35. The second kappa shape index (κ2) is 5.01. The maximum Gasteiger partial charge on any atom is 0.0159 e. The molecule has 1 aliphatic carbocycles. The fraction of sp³-hybridized carbons (Fsp3) is 0.600. The van der Waals surface area contributed by atoms with E-state index in [1.54, 1.807) is 11.1 Å². The Labute approximate surface area is 99.3 Å². The van der Waals surface area contributed by atoms with Gasteiger partial charge in [-0.3, -0.25) is 0 Å². The highest BCUT2D eigenvalue weighted by atomic mass is 14.9. The number of fused-ring (bicyclic) bond motifs is 1. The second-order valence-electron chi connectivity index (χ2n) is 5.17. The number of rotatable bonds is 4. The van der Waals surface area contributed by atoms with Gasteiger partial charge in [0.05, 0.1) is 0 Å². The molecule has 2 rings (SSSR count). The molecule has 88 valence electrons. The van der Waals surface area contributed by atoms with Gasteiger partial charge < -0.3 is 5.32 Å². The van der Waals surface area contributed by atoms with Crippen molar-refractivity contribution in [2.24, 2.45) is 5.92 Å². The molecule has 0 aromatic heterocycles. The van der Waals surface area contributed by atoms with Gasteiger partial charge >= 0.3 is 0 Å². The summed E-state index contributed by atoms with van der Waals surface area (Å²) >= 11 is 0. The first kappa shape index (κ1) is 11.7. The molecule has 1 aromatic carbocycles. The highest BCUT2D eigenvalue weighted by Gasteiger charge is 2.30. The Morgan fingerprint density at radius 2 is 2.06 bits per heavy atom. The first-order chi connectivity index (χ1) is 7.74. The highest BCUT2D eigenvalue weighted by molar-refractivity contribution is 5.36. The lowest BCUT2D eigenvalue weighted by Gasteiger charge is -2.28. The Bertz CT molecular complexity index is 343. The fourth-order valence-electron chi connectivity index (χ4n) is 3.04. The lowest BCUT2D eigenvalue weighted by Crippen LogP contribution is -2.38. The molecule has 2 unspecified atom stereocenters. The molecule has 1 N–H and O–H groups in total. The van der Waals surface area contributed by atoms with Crippen molar-refractivity contribution in [2.75, 3.05) is 6.54 Å². The number of aryl methyl sites for hydroxylation is 1. The summed E-state index contributed by atoms with van der Waals surface area (Å²) in [6.45, 7) is 7.93. The van der Waals surface area contributed by atoms with Crippen LogP contribution in [0.4, 0.5) is 0 Å². The molecule has 0 aliphatic heterocycles. The Kier molecular flexibility index (Phi) is 3.65. The minimum atomic E-state index is 0.633. The summed E-state index contributed by atoms with van der Waals surface area (Å²) in [6.07, 6.45) is 2.57. The summed E-state index contributed by atoms with van der Waals surface area (Å²) in [5.74, 6) is 1.42. The molecule has 2 atom stereocenters. The molecule has 0 fully saturated rings. The third kappa shape index (κ3) is 2.15. The molecule has 0 bridgehead atoms. The van der Waals surface area contributed by atoms with Crippen molar-refractivity contribution in [1.82, 2.24) is 5.32 Å². The average molecular weight is 217 g/mol. The fourth-order valence-corrected chi connectivity index (χ4v) is 3.04. The Morgan fingerprint density at radius 3 is 2.75 bits per heavy atom. The van der Waals surface area contributed by atoms with E-state index in [2.05, 4.69) is 50.4 Å². The molecule has 0 spiro atoms.